The number of carboxylic acids is 2. The Kier molecular flexibility index (Phi) is 5.14. The number of hydrogen-bond acceptors (Lipinski definition) is 2. The molecule has 1 aromatic rings. The molecule has 1 aromatic carbocycles. The molecule has 0 bridgehead atoms. The summed E-state index contributed by atoms with van der Waals surface area (Å²) in [4.78, 5) is 20.8. The minimum Gasteiger partial charge on any atom is -0.481 e. The quantitative estimate of drug-likeness (QED) is 0.634. The van der Waals surface area contributed by atoms with Gasteiger partial charge in [0.2, 0.25) is 0 Å². The highest BCUT2D eigenvalue weighted by Crippen LogP contribution is 2.17. The van der Waals surface area contributed by atoms with Crippen LogP contribution in [0.25, 0.3) is 6.08 Å². The Hall–Kier alpha value is -1.37. The summed E-state index contributed by atoms with van der Waals surface area (Å²) in [6.45, 7) is 0. The third kappa shape index (κ3) is 4.99. The molecule has 0 aliphatic carbocycles. The van der Waals surface area contributed by atoms with Gasteiger partial charge in [-0.25, -0.2) is 4.79 Å². The van der Waals surface area contributed by atoms with E-state index in [0.29, 0.717) is 6.42 Å². The average molecular weight is 346 g/mol. The van der Waals surface area contributed by atoms with E-state index < -0.39 is 11.9 Å². The maximum Gasteiger partial charge on any atom is 0.328 e. The van der Waals surface area contributed by atoms with Crippen LogP contribution in [0.2, 0.25) is 0 Å². The summed E-state index contributed by atoms with van der Waals surface area (Å²) in [5.41, 5.74) is 1.75. The second kappa shape index (κ2) is 6.39. The molecule has 1 rings (SSSR count). The third-order valence-electron chi connectivity index (χ3n) is 2.10. The fourth-order valence-corrected chi connectivity index (χ4v) is 2.09. The van der Waals surface area contributed by atoms with Gasteiger partial charge in [-0.3, -0.25) is 4.79 Å². The van der Waals surface area contributed by atoms with Crippen LogP contribution in [0.1, 0.15) is 17.5 Å². The summed E-state index contributed by atoms with van der Waals surface area (Å²) in [5, 5.41) is 17.1. The fourth-order valence-electron chi connectivity index (χ4n) is 1.28. The summed E-state index contributed by atoms with van der Waals surface area (Å²) in [7, 11) is 0. The van der Waals surface area contributed by atoms with Crippen molar-refractivity contribution in [3.63, 3.8) is 0 Å². The van der Waals surface area contributed by atoms with E-state index in [9.17, 15) is 9.59 Å². The van der Waals surface area contributed by atoms with Crippen molar-refractivity contribution in [3.05, 3.63) is 39.0 Å². The maximum absolute atomic E-state index is 10.4. The zero-order valence-corrected chi connectivity index (χ0v) is 11.0. The molecule has 0 amide bonds. The lowest BCUT2D eigenvalue weighted by Gasteiger charge is -2.03. The number of aliphatic carboxylic acids is 2. The molecule has 0 aromatic heterocycles. The predicted molar refractivity (Wildman–Crippen MR) is 71.8 cm³/mol. The van der Waals surface area contributed by atoms with Gasteiger partial charge < -0.3 is 10.2 Å². The summed E-state index contributed by atoms with van der Waals surface area (Å²) in [5.74, 6) is -1.81. The van der Waals surface area contributed by atoms with Crippen LogP contribution in [-0.2, 0) is 16.0 Å². The first kappa shape index (κ1) is 13.7. The molecule has 0 aliphatic heterocycles. The van der Waals surface area contributed by atoms with Gasteiger partial charge in [0.25, 0.3) is 0 Å². The summed E-state index contributed by atoms with van der Waals surface area (Å²) < 4.78 is 0.941. The Labute approximate surface area is 112 Å². The van der Waals surface area contributed by atoms with E-state index >= 15 is 0 Å². The lowest BCUT2D eigenvalue weighted by Crippen LogP contribution is -1.99. The van der Waals surface area contributed by atoms with E-state index in [-0.39, 0.29) is 6.42 Å². The number of benzene rings is 1. The van der Waals surface area contributed by atoms with Crippen LogP contribution in [0, 0.1) is 3.57 Å². The van der Waals surface area contributed by atoms with Crippen LogP contribution in [0.4, 0.5) is 0 Å². The normalized spacial score (nSPS) is 10.6. The average Bonchev–Trinajstić information content (AvgIpc) is 2.24. The molecule has 90 valence electrons. The van der Waals surface area contributed by atoms with E-state index in [1.54, 1.807) is 6.07 Å². The Bertz CT molecular complexity index is 466. The van der Waals surface area contributed by atoms with Crippen molar-refractivity contribution >= 4 is 40.6 Å². The smallest absolute Gasteiger partial charge is 0.328 e. The van der Waals surface area contributed by atoms with Crippen molar-refractivity contribution in [1.82, 2.24) is 0 Å². The molecule has 0 aliphatic rings. The number of aryl methyl sites for hydroxylation is 1. The molecule has 0 radical (unpaired) electrons. The van der Waals surface area contributed by atoms with Gasteiger partial charge in [-0.05, 0) is 52.3 Å². The molecule has 0 saturated heterocycles. The SMILES string of the molecule is O=C(O)/C=C/c1ccc(CCC(=O)O)c(I)c1. The summed E-state index contributed by atoms with van der Waals surface area (Å²) >= 11 is 2.12. The Morgan fingerprint density at radius 2 is 2.00 bits per heavy atom. The number of rotatable bonds is 5. The maximum atomic E-state index is 10.4. The van der Waals surface area contributed by atoms with Gasteiger partial charge in [-0.2, -0.15) is 0 Å². The summed E-state index contributed by atoms with van der Waals surface area (Å²) in [6, 6.07) is 5.43. The van der Waals surface area contributed by atoms with Crippen molar-refractivity contribution < 1.29 is 19.8 Å². The number of hydrogen-bond donors (Lipinski definition) is 2. The van der Waals surface area contributed by atoms with E-state index in [1.165, 1.54) is 6.08 Å². The van der Waals surface area contributed by atoms with Crippen LogP contribution in [-0.4, -0.2) is 22.2 Å². The molecule has 17 heavy (non-hydrogen) atoms. The van der Waals surface area contributed by atoms with Gasteiger partial charge in [0.1, 0.15) is 0 Å². The van der Waals surface area contributed by atoms with E-state index in [0.717, 1.165) is 20.8 Å². The first-order valence-electron chi connectivity index (χ1n) is 4.90. The third-order valence-corrected chi connectivity index (χ3v) is 3.11. The van der Waals surface area contributed by atoms with Crippen LogP contribution in [0.5, 0.6) is 0 Å². The molecule has 2 N–H and O–H groups in total. The molecule has 0 atom stereocenters. The van der Waals surface area contributed by atoms with Crippen LogP contribution in [0.15, 0.2) is 24.3 Å². The molecule has 0 saturated carbocycles. The fraction of sp³-hybridized carbons (Fsp3) is 0.167. The van der Waals surface area contributed by atoms with Gasteiger partial charge in [0.15, 0.2) is 0 Å². The molecular weight excluding hydrogens is 335 g/mol. The Morgan fingerprint density at radius 3 is 2.53 bits per heavy atom. The van der Waals surface area contributed by atoms with Crippen LogP contribution in [0.3, 0.4) is 0 Å². The minimum atomic E-state index is -0.991. The molecule has 0 spiro atoms. The highest BCUT2D eigenvalue weighted by atomic mass is 127. The molecule has 0 heterocycles. The monoisotopic (exact) mass is 346 g/mol. The first-order valence-corrected chi connectivity index (χ1v) is 5.98. The van der Waals surface area contributed by atoms with E-state index in [2.05, 4.69) is 22.6 Å². The minimum absolute atomic E-state index is 0.0975. The predicted octanol–water partition coefficient (Wildman–Crippen LogP) is 2.41. The molecule has 5 heteroatoms. The number of halogens is 1. The Balaban J connectivity index is 2.79. The number of carbonyl (C=O) groups is 2. The van der Waals surface area contributed by atoms with Gasteiger partial charge in [-0.1, -0.05) is 12.1 Å². The molecular formula is C12H11IO4. The van der Waals surface area contributed by atoms with Crippen LogP contribution >= 0.6 is 22.6 Å². The van der Waals surface area contributed by atoms with Crippen molar-refractivity contribution in [2.75, 3.05) is 0 Å². The van der Waals surface area contributed by atoms with Gasteiger partial charge in [0.05, 0.1) is 0 Å². The van der Waals surface area contributed by atoms with E-state index in [4.69, 9.17) is 10.2 Å². The molecule has 0 unspecified atom stereocenters. The second-order valence-corrected chi connectivity index (χ2v) is 4.58. The van der Waals surface area contributed by atoms with Crippen molar-refractivity contribution in [2.45, 2.75) is 12.8 Å². The highest BCUT2D eigenvalue weighted by molar-refractivity contribution is 14.1. The lowest BCUT2D eigenvalue weighted by atomic mass is 10.1. The second-order valence-electron chi connectivity index (χ2n) is 3.42. The van der Waals surface area contributed by atoms with Crippen molar-refractivity contribution in [2.24, 2.45) is 0 Å². The van der Waals surface area contributed by atoms with Gasteiger partial charge in [0, 0.05) is 16.1 Å². The van der Waals surface area contributed by atoms with Gasteiger partial charge in [-0.15, -0.1) is 0 Å². The Morgan fingerprint density at radius 1 is 1.29 bits per heavy atom. The van der Waals surface area contributed by atoms with E-state index in [1.807, 2.05) is 12.1 Å². The zero-order valence-electron chi connectivity index (χ0n) is 8.89. The molecule has 0 fully saturated rings. The molecule has 4 nitrogen and oxygen atoms in total. The largest absolute Gasteiger partial charge is 0.481 e. The summed E-state index contributed by atoms with van der Waals surface area (Å²) in [6.07, 6.45) is 3.16. The highest BCUT2D eigenvalue weighted by Gasteiger charge is 2.03. The van der Waals surface area contributed by atoms with Crippen molar-refractivity contribution in [1.29, 1.82) is 0 Å². The topological polar surface area (TPSA) is 74.6 Å². The lowest BCUT2D eigenvalue weighted by molar-refractivity contribution is -0.137. The number of carboxylic acid groups (broad SMARTS) is 2. The zero-order chi connectivity index (χ0) is 12.8. The standard InChI is InChI=1S/C12H11IO4/c13-10-7-8(2-5-11(14)15)1-3-9(10)4-6-12(16)17/h1-3,5,7H,4,6H2,(H,14,15)(H,16,17)/b5-2+. The van der Waals surface area contributed by atoms with Crippen LogP contribution < -0.4 is 0 Å². The van der Waals surface area contributed by atoms with Crippen molar-refractivity contribution in [3.8, 4) is 0 Å². The van der Waals surface area contributed by atoms with Gasteiger partial charge >= 0.3 is 11.9 Å². The first-order chi connectivity index (χ1) is 7.99.